The average molecular weight is 287 g/mol. The third-order valence-electron chi connectivity index (χ3n) is 4.81. The number of carbonyl (C=O) groups excluding carboxylic acids is 1. The Morgan fingerprint density at radius 1 is 1.19 bits per heavy atom. The summed E-state index contributed by atoms with van der Waals surface area (Å²) in [5.41, 5.74) is 2.23. The monoisotopic (exact) mass is 287 g/mol. The molecule has 1 amide bonds. The lowest BCUT2D eigenvalue weighted by Gasteiger charge is -2.33. The minimum absolute atomic E-state index is 0.0596. The number of nitrogens with zero attached hydrogens (tertiary/aromatic N) is 1. The van der Waals surface area contributed by atoms with Crippen molar-refractivity contribution in [2.45, 2.75) is 44.2 Å². The van der Waals surface area contributed by atoms with E-state index in [2.05, 4.69) is 27.7 Å². The Hall–Kier alpha value is -1.55. The Morgan fingerprint density at radius 2 is 2.00 bits per heavy atom. The average Bonchev–Trinajstić information content (AvgIpc) is 2.92. The highest BCUT2D eigenvalue weighted by Gasteiger charge is 2.35. The molecule has 2 aliphatic heterocycles. The summed E-state index contributed by atoms with van der Waals surface area (Å²) in [6.07, 6.45) is 5.75. The topological polar surface area (TPSA) is 44.4 Å². The molecular formula is C17H25N3O. The van der Waals surface area contributed by atoms with Gasteiger partial charge in [0.2, 0.25) is 5.91 Å². The minimum atomic E-state index is 0.0596. The number of rotatable bonds is 4. The molecule has 2 fully saturated rings. The molecular weight excluding hydrogens is 262 g/mol. The van der Waals surface area contributed by atoms with Gasteiger partial charge in [-0.2, -0.15) is 0 Å². The van der Waals surface area contributed by atoms with Crippen molar-refractivity contribution in [3.05, 3.63) is 29.8 Å². The molecule has 2 unspecified atom stereocenters. The SMILES string of the molecule is CNC(=O)Cc1ccc(NC2CCN3CCCCC23)cc1. The summed E-state index contributed by atoms with van der Waals surface area (Å²) in [7, 11) is 1.67. The molecule has 0 radical (unpaired) electrons. The molecule has 2 N–H and O–H groups in total. The predicted octanol–water partition coefficient (Wildman–Crippen LogP) is 2.01. The van der Waals surface area contributed by atoms with Crippen LogP contribution in [0.3, 0.4) is 0 Å². The zero-order chi connectivity index (χ0) is 14.7. The number of amides is 1. The summed E-state index contributed by atoms with van der Waals surface area (Å²) in [5.74, 6) is 0.0596. The van der Waals surface area contributed by atoms with Crippen LogP contribution < -0.4 is 10.6 Å². The van der Waals surface area contributed by atoms with Crippen LogP contribution >= 0.6 is 0 Å². The van der Waals surface area contributed by atoms with E-state index in [1.54, 1.807) is 7.05 Å². The van der Waals surface area contributed by atoms with Crippen LogP contribution in [-0.2, 0) is 11.2 Å². The summed E-state index contributed by atoms with van der Waals surface area (Å²) in [6, 6.07) is 9.59. The second-order valence-corrected chi connectivity index (χ2v) is 6.19. The molecule has 1 aromatic rings. The Bertz CT molecular complexity index is 485. The summed E-state index contributed by atoms with van der Waals surface area (Å²) in [6.45, 7) is 2.50. The minimum Gasteiger partial charge on any atom is -0.381 e. The van der Waals surface area contributed by atoms with Crippen molar-refractivity contribution in [3.8, 4) is 0 Å². The number of nitrogens with one attached hydrogen (secondary N) is 2. The van der Waals surface area contributed by atoms with E-state index in [4.69, 9.17) is 0 Å². The van der Waals surface area contributed by atoms with Crippen molar-refractivity contribution in [2.75, 3.05) is 25.5 Å². The van der Waals surface area contributed by atoms with E-state index in [0.29, 0.717) is 18.5 Å². The standard InChI is InChI=1S/C17H25N3O/c1-18-17(21)12-13-5-7-14(8-6-13)19-15-9-11-20-10-3-2-4-16(15)20/h5-8,15-16,19H,2-4,9-12H2,1H3,(H,18,21). The number of fused-ring (bicyclic) bond motifs is 1. The zero-order valence-electron chi connectivity index (χ0n) is 12.8. The van der Waals surface area contributed by atoms with Gasteiger partial charge in [-0.15, -0.1) is 0 Å². The van der Waals surface area contributed by atoms with Gasteiger partial charge in [-0.1, -0.05) is 18.6 Å². The van der Waals surface area contributed by atoms with Gasteiger partial charge in [0.15, 0.2) is 0 Å². The first-order chi connectivity index (χ1) is 10.3. The van der Waals surface area contributed by atoms with E-state index in [1.165, 1.54) is 44.5 Å². The molecule has 0 bridgehead atoms. The maximum absolute atomic E-state index is 11.4. The summed E-state index contributed by atoms with van der Waals surface area (Å²) >= 11 is 0. The van der Waals surface area contributed by atoms with Gasteiger partial charge in [-0.05, 0) is 43.5 Å². The summed E-state index contributed by atoms with van der Waals surface area (Å²) in [4.78, 5) is 14.0. The Balaban J connectivity index is 1.59. The number of carbonyl (C=O) groups is 1. The Labute approximate surface area is 126 Å². The molecule has 0 saturated carbocycles. The fourth-order valence-corrected chi connectivity index (χ4v) is 3.62. The van der Waals surface area contributed by atoms with Crippen LogP contribution in [0.15, 0.2) is 24.3 Å². The van der Waals surface area contributed by atoms with Crippen LogP contribution in [-0.4, -0.2) is 43.0 Å². The molecule has 2 heterocycles. The number of hydrogen-bond donors (Lipinski definition) is 2. The number of piperidine rings is 1. The van der Waals surface area contributed by atoms with Crippen LogP contribution in [0.4, 0.5) is 5.69 Å². The molecule has 0 aliphatic carbocycles. The van der Waals surface area contributed by atoms with E-state index < -0.39 is 0 Å². The first-order valence-electron chi connectivity index (χ1n) is 8.06. The molecule has 4 heteroatoms. The summed E-state index contributed by atoms with van der Waals surface area (Å²) in [5, 5.41) is 6.35. The number of benzene rings is 1. The molecule has 0 aromatic heterocycles. The van der Waals surface area contributed by atoms with Crippen LogP contribution in [0.25, 0.3) is 0 Å². The molecule has 3 rings (SSSR count). The van der Waals surface area contributed by atoms with Crippen molar-refractivity contribution < 1.29 is 4.79 Å². The van der Waals surface area contributed by atoms with Gasteiger partial charge in [-0.25, -0.2) is 0 Å². The van der Waals surface area contributed by atoms with E-state index in [0.717, 1.165) is 5.56 Å². The van der Waals surface area contributed by atoms with Crippen molar-refractivity contribution in [1.29, 1.82) is 0 Å². The largest absolute Gasteiger partial charge is 0.381 e. The van der Waals surface area contributed by atoms with Crippen LogP contribution in [0, 0.1) is 0 Å². The van der Waals surface area contributed by atoms with Crippen molar-refractivity contribution in [2.24, 2.45) is 0 Å². The maximum atomic E-state index is 11.4. The van der Waals surface area contributed by atoms with Crippen molar-refractivity contribution in [1.82, 2.24) is 10.2 Å². The van der Waals surface area contributed by atoms with E-state index in [-0.39, 0.29) is 5.91 Å². The van der Waals surface area contributed by atoms with Gasteiger partial charge in [0.25, 0.3) is 0 Å². The Kier molecular flexibility index (Phi) is 4.44. The van der Waals surface area contributed by atoms with E-state index >= 15 is 0 Å². The molecule has 0 spiro atoms. The second-order valence-electron chi connectivity index (χ2n) is 6.19. The van der Waals surface area contributed by atoms with Gasteiger partial charge >= 0.3 is 0 Å². The smallest absolute Gasteiger partial charge is 0.224 e. The fraction of sp³-hybridized carbons (Fsp3) is 0.588. The lowest BCUT2D eigenvalue weighted by atomic mass is 9.99. The molecule has 4 nitrogen and oxygen atoms in total. The van der Waals surface area contributed by atoms with E-state index in [9.17, 15) is 4.79 Å². The van der Waals surface area contributed by atoms with Gasteiger partial charge in [0.1, 0.15) is 0 Å². The molecule has 21 heavy (non-hydrogen) atoms. The highest BCUT2D eigenvalue weighted by Crippen LogP contribution is 2.29. The number of hydrogen-bond acceptors (Lipinski definition) is 3. The predicted molar refractivity (Wildman–Crippen MR) is 85.5 cm³/mol. The molecule has 1 aromatic carbocycles. The van der Waals surface area contributed by atoms with Gasteiger partial charge in [0.05, 0.1) is 6.42 Å². The Morgan fingerprint density at radius 3 is 2.76 bits per heavy atom. The van der Waals surface area contributed by atoms with Gasteiger partial charge < -0.3 is 10.6 Å². The lowest BCUT2D eigenvalue weighted by molar-refractivity contribution is -0.119. The fourth-order valence-electron chi connectivity index (χ4n) is 3.62. The quantitative estimate of drug-likeness (QED) is 0.890. The highest BCUT2D eigenvalue weighted by atomic mass is 16.1. The van der Waals surface area contributed by atoms with E-state index in [1.807, 2.05) is 12.1 Å². The highest BCUT2D eigenvalue weighted by molar-refractivity contribution is 5.78. The van der Waals surface area contributed by atoms with Crippen LogP contribution in [0.1, 0.15) is 31.2 Å². The number of likely N-dealkylation sites (N-methyl/N-ethyl adjacent to an activating group) is 1. The van der Waals surface area contributed by atoms with Gasteiger partial charge in [-0.3, -0.25) is 9.69 Å². The molecule has 2 saturated heterocycles. The maximum Gasteiger partial charge on any atom is 0.224 e. The van der Waals surface area contributed by atoms with Crippen molar-refractivity contribution in [3.63, 3.8) is 0 Å². The third kappa shape index (κ3) is 3.38. The first kappa shape index (κ1) is 14.4. The summed E-state index contributed by atoms with van der Waals surface area (Å²) < 4.78 is 0. The molecule has 2 aliphatic rings. The van der Waals surface area contributed by atoms with Gasteiger partial charge in [0, 0.05) is 31.4 Å². The van der Waals surface area contributed by atoms with Crippen molar-refractivity contribution >= 4 is 11.6 Å². The molecule has 2 atom stereocenters. The van der Waals surface area contributed by atoms with Crippen LogP contribution in [0.5, 0.6) is 0 Å². The number of anilines is 1. The third-order valence-corrected chi connectivity index (χ3v) is 4.81. The molecule has 114 valence electrons. The lowest BCUT2D eigenvalue weighted by Crippen LogP contribution is -2.41. The van der Waals surface area contributed by atoms with Crippen LogP contribution in [0.2, 0.25) is 0 Å². The second kappa shape index (κ2) is 6.48. The normalized spacial score (nSPS) is 25.4. The zero-order valence-corrected chi connectivity index (χ0v) is 12.8. The first-order valence-corrected chi connectivity index (χ1v) is 8.06.